The lowest BCUT2D eigenvalue weighted by Gasteiger charge is -2.06. The van der Waals surface area contributed by atoms with Gasteiger partial charge in [-0.2, -0.15) is 0 Å². The summed E-state index contributed by atoms with van der Waals surface area (Å²) in [6.45, 7) is 2.17. The lowest BCUT2D eigenvalue weighted by atomic mass is 10.3. The number of rotatable bonds is 1. The van der Waals surface area contributed by atoms with Crippen molar-refractivity contribution in [2.24, 2.45) is 0 Å². The maximum atomic E-state index is 3.75. The van der Waals surface area contributed by atoms with E-state index < -0.39 is 0 Å². The summed E-state index contributed by atoms with van der Waals surface area (Å²) in [6, 6.07) is 0.579. The van der Waals surface area contributed by atoms with Crippen LogP contribution in [0.1, 0.15) is 12.5 Å². The van der Waals surface area contributed by atoms with Crippen molar-refractivity contribution < 1.29 is 0 Å². The highest BCUT2D eigenvalue weighted by Crippen LogP contribution is 2.12. The average Bonchev–Trinajstić information content (AvgIpc) is 2.59. The fourth-order valence-corrected chi connectivity index (χ4v) is 1.29. The molecule has 10 heavy (non-hydrogen) atoms. The monoisotopic (exact) mass is 138 g/mol. The molecule has 0 unspecified atom stereocenters. The van der Waals surface area contributed by atoms with Crippen molar-refractivity contribution in [3.63, 3.8) is 0 Å². The number of nitrogens with one attached hydrogen (secondary N) is 1. The van der Waals surface area contributed by atoms with Crippen LogP contribution in [0.2, 0.25) is 0 Å². The zero-order chi connectivity index (χ0) is 6.81. The van der Waals surface area contributed by atoms with E-state index in [-0.39, 0.29) is 0 Å². The van der Waals surface area contributed by atoms with E-state index >= 15 is 0 Å². The van der Waals surface area contributed by atoms with Gasteiger partial charge in [0.15, 0.2) is 0 Å². The molecule has 2 rings (SSSR count). The molecule has 1 saturated heterocycles. The van der Waals surface area contributed by atoms with Crippen LogP contribution in [0.5, 0.6) is 0 Å². The zero-order valence-corrected chi connectivity index (χ0v) is 5.70. The van der Waals surface area contributed by atoms with Crippen molar-refractivity contribution in [2.75, 3.05) is 13.1 Å². The van der Waals surface area contributed by atoms with Gasteiger partial charge in [-0.3, -0.25) is 0 Å². The summed E-state index contributed by atoms with van der Waals surface area (Å²) in [5.74, 6) is 0. The molecule has 1 aromatic rings. The first kappa shape index (κ1) is 5.85. The van der Waals surface area contributed by atoms with Gasteiger partial charge in [-0.05, 0) is 13.0 Å². The van der Waals surface area contributed by atoms with Gasteiger partial charge in [-0.1, -0.05) is 0 Å². The van der Waals surface area contributed by atoms with E-state index in [4.69, 9.17) is 0 Å². The fraction of sp³-hybridized carbons (Fsp3) is 0.667. The summed E-state index contributed by atoms with van der Waals surface area (Å²) in [6.07, 6.45) is 4.74. The molecular formula is C6H10N4. The molecule has 1 aliphatic rings. The summed E-state index contributed by atoms with van der Waals surface area (Å²) >= 11 is 0. The minimum absolute atomic E-state index is 0.579. The Balaban J connectivity index is 2.12. The van der Waals surface area contributed by atoms with Crippen molar-refractivity contribution in [3.8, 4) is 0 Å². The van der Waals surface area contributed by atoms with E-state index in [1.54, 1.807) is 12.7 Å². The second-order valence-electron chi connectivity index (χ2n) is 2.56. The smallest absolute Gasteiger partial charge is 0.119 e. The molecule has 4 heteroatoms. The molecule has 0 aliphatic carbocycles. The van der Waals surface area contributed by atoms with Crippen molar-refractivity contribution in [1.29, 1.82) is 0 Å². The Bertz CT molecular complexity index is 188. The summed E-state index contributed by atoms with van der Waals surface area (Å²) < 4.78 is 2.06. The average molecular weight is 138 g/mol. The Morgan fingerprint density at radius 3 is 2.80 bits per heavy atom. The first-order valence-electron chi connectivity index (χ1n) is 3.51. The van der Waals surface area contributed by atoms with Crippen LogP contribution in [-0.4, -0.2) is 27.9 Å². The Hall–Kier alpha value is -0.900. The summed E-state index contributed by atoms with van der Waals surface area (Å²) in [5, 5.41) is 10.8. The van der Waals surface area contributed by atoms with E-state index in [2.05, 4.69) is 20.1 Å². The lowest BCUT2D eigenvalue weighted by Crippen LogP contribution is -2.11. The number of hydrogen-bond acceptors (Lipinski definition) is 3. The van der Waals surface area contributed by atoms with E-state index in [0.29, 0.717) is 6.04 Å². The van der Waals surface area contributed by atoms with Crippen LogP contribution in [0.25, 0.3) is 0 Å². The molecule has 1 N–H and O–H groups in total. The van der Waals surface area contributed by atoms with Crippen LogP contribution >= 0.6 is 0 Å². The van der Waals surface area contributed by atoms with Gasteiger partial charge in [-0.15, -0.1) is 10.2 Å². The van der Waals surface area contributed by atoms with Gasteiger partial charge in [0.1, 0.15) is 12.7 Å². The van der Waals surface area contributed by atoms with E-state index in [1.165, 1.54) is 6.42 Å². The minimum atomic E-state index is 0.579. The zero-order valence-electron chi connectivity index (χ0n) is 5.70. The van der Waals surface area contributed by atoms with Crippen LogP contribution < -0.4 is 5.32 Å². The molecule has 0 saturated carbocycles. The maximum Gasteiger partial charge on any atom is 0.119 e. The number of hydrogen-bond donors (Lipinski definition) is 1. The quantitative estimate of drug-likeness (QED) is 0.585. The van der Waals surface area contributed by atoms with Crippen molar-refractivity contribution in [3.05, 3.63) is 12.7 Å². The molecule has 1 aliphatic heterocycles. The second kappa shape index (κ2) is 2.38. The maximum absolute atomic E-state index is 3.75. The molecule has 1 atom stereocenters. The lowest BCUT2D eigenvalue weighted by molar-refractivity contribution is 0.545. The number of aromatic nitrogens is 3. The SMILES string of the molecule is c1nncn1[C@H]1CCNC1. The predicted molar refractivity (Wildman–Crippen MR) is 36.5 cm³/mol. The Morgan fingerprint density at radius 1 is 1.40 bits per heavy atom. The van der Waals surface area contributed by atoms with Gasteiger partial charge in [-0.25, -0.2) is 0 Å². The van der Waals surface area contributed by atoms with Crippen LogP contribution in [0.15, 0.2) is 12.7 Å². The highest BCUT2D eigenvalue weighted by Gasteiger charge is 2.14. The molecule has 4 nitrogen and oxygen atoms in total. The Labute approximate surface area is 59.3 Å². The van der Waals surface area contributed by atoms with Gasteiger partial charge in [0.2, 0.25) is 0 Å². The van der Waals surface area contributed by atoms with Crippen molar-refractivity contribution in [2.45, 2.75) is 12.5 Å². The molecule has 0 aromatic carbocycles. The van der Waals surface area contributed by atoms with E-state index in [0.717, 1.165) is 13.1 Å². The van der Waals surface area contributed by atoms with Crippen LogP contribution in [0.4, 0.5) is 0 Å². The molecule has 0 spiro atoms. The van der Waals surface area contributed by atoms with Crippen LogP contribution in [0.3, 0.4) is 0 Å². The standard InChI is InChI=1S/C6H10N4/c1-2-7-3-6(1)10-4-8-9-5-10/h4-7H,1-3H2/t6-/m0/s1. The summed E-state index contributed by atoms with van der Waals surface area (Å²) in [7, 11) is 0. The highest BCUT2D eigenvalue weighted by molar-refractivity contribution is 4.79. The summed E-state index contributed by atoms with van der Waals surface area (Å²) in [4.78, 5) is 0. The topological polar surface area (TPSA) is 42.7 Å². The minimum Gasteiger partial charge on any atom is -0.316 e. The molecular weight excluding hydrogens is 128 g/mol. The highest BCUT2D eigenvalue weighted by atomic mass is 15.3. The molecule has 2 heterocycles. The molecule has 0 radical (unpaired) electrons. The molecule has 1 fully saturated rings. The van der Waals surface area contributed by atoms with E-state index in [1.807, 2.05) is 0 Å². The largest absolute Gasteiger partial charge is 0.316 e. The third kappa shape index (κ3) is 0.903. The Morgan fingerprint density at radius 2 is 2.20 bits per heavy atom. The van der Waals surface area contributed by atoms with Crippen molar-refractivity contribution in [1.82, 2.24) is 20.1 Å². The Kier molecular flexibility index (Phi) is 1.39. The second-order valence-corrected chi connectivity index (χ2v) is 2.56. The van der Waals surface area contributed by atoms with Gasteiger partial charge < -0.3 is 9.88 Å². The van der Waals surface area contributed by atoms with Gasteiger partial charge in [0.25, 0.3) is 0 Å². The third-order valence-corrected chi connectivity index (χ3v) is 1.89. The van der Waals surface area contributed by atoms with Gasteiger partial charge >= 0.3 is 0 Å². The van der Waals surface area contributed by atoms with Gasteiger partial charge in [0.05, 0.1) is 0 Å². The van der Waals surface area contributed by atoms with E-state index in [9.17, 15) is 0 Å². The third-order valence-electron chi connectivity index (χ3n) is 1.89. The summed E-state index contributed by atoms with van der Waals surface area (Å²) in [5.41, 5.74) is 0. The molecule has 1 aromatic heterocycles. The first-order valence-corrected chi connectivity index (χ1v) is 3.51. The predicted octanol–water partition coefficient (Wildman–Crippen LogP) is -0.188. The molecule has 0 bridgehead atoms. The first-order chi connectivity index (χ1) is 4.97. The molecule has 0 amide bonds. The van der Waals surface area contributed by atoms with Gasteiger partial charge in [0, 0.05) is 12.6 Å². The van der Waals surface area contributed by atoms with Crippen molar-refractivity contribution >= 4 is 0 Å². The fourth-order valence-electron chi connectivity index (χ4n) is 1.29. The normalized spacial score (nSPS) is 25.4. The van der Waals surface area contributed by atoms with Crippen LogP contribution in [-0.2, 0) is 0 Å². The van der Waals surface area contributed by atoms with Crippen LogP contribution in [0, 0.1) is 0 Å². The number of nitrogens with zero attached hydrogens (tertiary/aromatic N) is 3. The molecule has 54 valence electrons.